The monoisotopic (exact) mass is 257 g/mol. The van der Waals surface area contributed by atoms with Crippen molar-refractivity contribution in [1.29, 1.82) is 0 Å². The molecule has 1 aromatic heterocycles. The van der Waals surface area contributed by atoms with Gasteiger partial charge in [0.05, 0.1) is 12.8 Å². The molecule has 0 fully saturated rings. The van der Waals surface area contributed by atoms with E-state index in [0.717, 1.165) is 0 Å². The molecule has 2 aromatic rings. The van der Waals surface area contributed by atoms with Gasteiger partial charge in [0.25, 0.3) is 5.91 Å². The van der Waals surface area contributed by atoms with E-state index in [2.05, 4.69) is 15.6 Å². The van der Waals surface area contributed by atoms with Crippen molar-refractivity contribution in [2.45, 2.75) is 0 Å². The summed E-state index contributed by atoms with van der Waals surface area (Å²) in [6.07, 6.45) is 0. The zero-order valence-corrected chi connectivity index (χ0v) is 10.8. The Hall–Kier alpha value is -2.56. The van der Waals surface area contributed by atoms with Crippen molar-refractivity contribution < 1.29 is 9.53 Å². The minimum atomic E-state index is -0.276. The first-order valence-electron chi connectivity index (χ1n) is 5.84. The molecule has 0 radical (unpaired) electrons. The van der Waals surface area contributed by atoms with E-state index in [-0.39, 0.29) is 5.91 Å². The average Bonchev–Trinajstić information content (AvgIpc) is 2.47. The van der Waals surface area contributed by atoms with Crippen molar-refractivity contribution in [1.82, 2.24) is 4.98 Å². The second-order valence-electron chi connectivity index (χ2n) is 3.81. The summed E-state index contributed by atoms with van der Waals surface area (Å²) >= 11 is 0. The third-order valence-electron chi connectivity index (χ3n) is 2.59. The van der Waals surface area contributed by atoms with Crippen LogP contribution in [-0.2, 0) is 0 Å². The number of nitrogens with zero attached hydrogens (tertiary/aromatic N) is 1. The fraction of sp³-hybridized carbons (Fsp3) is 0.143. The zero-order valence-electron chi connectivity index (χ0n) is 10.8. The van der Waals surface area contributed by atoms with Gasteiger partial charge >= 0.3 is 0 Å². The van der Waals surface area contributed by atoms with Crippen LogP contribution in [-0.4, -0.2) is 25.0 Å². The molecule has 0 saturated carbocycles. The smallest absolute Gasteiger partial charge is 0.274 e. The molecule has 1 aromatic carbocycles. The molecular weight excluding hydrogens is 242 g/mol. The minimum Gasteiger partial charge on any atom is -0.495 e. The first-order chi connectivity index (χ1) is 9.24. The van der Waals surface area contributed by atoms with Crippen LogP contribution in [0.2, 0.25) is 0 Å². The van der Waals surface area contributed by atoms with E-state index in [9.17, 15) is 4.79 Å². The highest BCUT2D eigenvalue weighted by Crippen LogP contribution is 2.23. The number of carbonyl (C=O) groups excluding carboxylic acids is 1. The highest BCUT2D eigenvalue weighted by molar-refractivity contribution is 6.03. The molecule has 5 nitrogen and oxygen atoms in total. The van der Waals surface area contributed by atoms with E-state index in [1.54, 1.807) is 44.5 Å². The molecule has 1 amide bonds. The number of hydrogen-bond acceptors (Lipinski definition) is 4. The van der Waals surface area contributed by atoms with Crippen LogP contribution in [0, 0.1) is 0 Å². The van der Waals surface area contributed by atoms with Gasteiger partial charge in [-0.05, 0) is 24.3 Å². The molecule has 0 aliphatic carbocycles. The summed E-state index contributed by atoms with van der Waals surface area (Å²) in [6.45, 7) is 0. The Morgan fingerprint density at radius 1 is 1.16 bits per heavy atom. The van der Waals surface area contributed by atoms with Crippen LogP contribution in [0.25, 0.3) is 0 Å². The summed E-state index contributed by atoms with van der Waals surface area (Å²) in [4.78, 5) is 16.3. The maximum Gasteiger partial charge on any atom is 0.274 e. The molecule has 98 valence electrons. The molecule has 19 heavy (non-hydrogen) atoms. The number of anilines is 2. The SMILES string of the molecule is CNc1cccc(C(=O)Nc2ccccc2OC)n1. The van der Waals surface area contributed by atoms with Crippen LogP contribution in [0.1, 0.15) is 10.5 Å². The van der Waals surface area contributed by atoms with E-state index in [4.69, 9.17) is 4.74 Å². The van der Waals surface area contributed by atoms with E-state index in [1.165, 1.54) is 0 Å². The zero-order chi connectivity index (χ0) is 13.7. The number of methoxy groups -OCH3 is 1. The number of hydrogen-bond donors (Lipinski definition) is 2. The van der Waals surface area contributed by atoms with E-state index in [0.29, 0.717) is 22.9 Å². The molecule has 5 heteroatoms. The van der Waals surface area contributed by atoms with Crippen LogP contribution in [0.3, 0.4) is 0 Å². The standard InChI is InChI=1S/C14H15N3O2/c1-15-13-9-5-7-11(16-13)14(18)17-10-6-3-4-8-12(10)19-2/h3-9H,1-2H3,(H,15,16)(H,17,18). The summed E-state index contributed by atoms with van der Waals surface area (Å²) in [6, 6.07) is 12.5. The first-order valence-corrected chi connectivity index (χ1v) is 5.84. The Kier molecular flexibility index (Phi) is 3.97. The highest BCUT2D eigenvalue weighted by Gasteiger charge is 2.10. The van der Waals surface area contributed by atoms with Crippen LogP contribution >= 0.6 is 0 Å². The Bertz CT molecular complexity index is 584. The molecule has 0 bridgehead atoms. The lowest BCUT2D eigenvalue weighted by molar-refractivity contribution is 0.102. The quantitative estimate of drug-likeness (QED) is 0.882. The Morgan fingerprint density at radius 3 is 2.68 bits per heavy atom. The lowest BCUT2D eigenvalue weighted by Gasteiger charge is -2.09. The summed E-state index contributed by atoms with van der Waals surface area (Å²) in [5.74, 6) is 0.981. The molecular formula is C14H15N3O2. The largest absolute Gasteiger partial charge is 0.495 e. The molecule has 0 atom stereocenters. The van der Waals surface area contributed by atoms with E-state index >= 15 is 0 Å². The van der Waals surface area contributed by atoms with Gasteiger partial charge in [-0.25, -0.2) is 4.98 Å². The normalized spacial score (nSPS) is 9.79. The predicted molar refractivity (Wildman–Crippen MR) is 74.7 cm³/mol. The maximum atomic E-state index is 12.1. The van der Waals surface area contributed by atoms with Crippen molar-refractivity contribution in [2.75, 3.05) is 24.8 Å². The van der Waals surface area contributed by atoms with Crippen molar-refractivity contribution in [3.05, 3.63) is 48.2 Å². The van der Waals surface area contributed by atoms with Gasteiger partial charge in [-0.3, -0.25) is 4.79 Å². The molecule has 2 N–H and O–H groups in total. The molecule has 1 heterocycles. The molecule has 0 saturated heterocycles. The van der Waals surface area contributed by atoms with Gasteiger partial charge < -0.3 is 15.4 Å². The topological polar surface area (TPSA) is 63.2 Å². The van der Waals surface area contributed by atoms with Crippen molar-refractivity contribution in [2.24, 2.45) is 0 Å². The minimum absolute atomic E-state index is 0.276. The fourth-order valence-electron chi connectivity index (χ4n) is 1.63. The molecule has 2 rings (SSSR count). The van der Waals surface area contributed by atoms with Gasteiger partial charge in [0.2, 0.25) is 0 Å². The highest BCUT2D eigenvalue weighted by atomic mass is 16.5. The average molecular weight is 257 g/mol. The Balaban J connectivity index is 2.20. The van der Waals surface area contributed by atoms with Gasteiger partial charge in [0, 0.05) is 7.05 Å². The molecule has 0 aliphatic heterocycles. The summed E-state index contributed by atoms with van der Waals surface area (Å²) in [7, 11) is 3.31. The number of benzene rings is 1. The Morgan fingerprint density at radius 2 is 1.95 bits per heavy atom. The molecule has 0 aliphatic rings. The van der Waals surface area contributed by atoms with Crippen molar-refractivity contribution in [3.8, 4) is 5.75 Å². The number of aromatic nitrogens is 1. The number of rotatable bonds is 4. The third-order valence-corrected chi connectivity index (χ3v) is 2.59. The van der Waals surface area contributed by atoms with Crippen LogP contribution in [0.15, 0.2) is 42.5 Å². The first kappa shape index (κ1) is 12.9. The number of nitrogens with one attached hydrogen (secondary N) is 2. The van der Waals surface area contributed by atoms with Gasteiger partial charge in [0.1, 0.15) is 17.3 Å². The van der Waals surface area contributed by atoms with Gasteiger partial charge in [-0.1, -0.05) is 18.2 Å². The van der Waals surface area contributed by atoms with Gasteiger partial charge in [0.15, 0.2) is 0 Å². The number of para-hydroxylation sites is 2. The number of amides is 1. The summed E-state index contributed by atoms with van der Waals surface area (Å²) < 4.78 is 5.18. The second-order valence-corrected chi connectivity index (χ2v) is 3.81. The summed E-state index contributed by atoms with van der Waals surface area (Å²) in [5, 5.41) is 5.67. The Labute approximate surface area is 111 Å². The number of carbonyl (C=O) groups is 1. The lowest BCUT2D eigenvalue weighted by Crippen LogP contribution is -2.14. The summed E-state index contributed by atoms with van der Waals surface area (Å²) in [5.41, 5.74) is 0.962. The molecule has 0 unspecified atom stereocenters. The van der Waals surface area contributed by atoms with Gasteiger partial charge in [-0.15, -0.1) is 0 Å². The maximum absolute atomic E-state index is 12.1. The van der Waals surface area contributed by atoms with Crippen molar-refractivity contribution >= 4 is 17.4 Å². The van der Waals surface area contributed by atoms with E-state index < -0.39 is 0 Å². The van der Waals surface area contributed by atoms with E-state index in [1.807, 2.05) is 12.1 Å². The van der Waals surface area contributed by atoms with Crippen molar-refractivity contribution in [3.63, 3.8) is 0 Å². The lowest BCUT2D eigenvalue weighted by atomic mass is 10.2. The van der Waals surface area contributed by atoms with Gasteiger partial charge in [-0.2, -0.15) is 0 Å². The number of ether oxygens (including phenoxy) is 1. The van der Waals surface area contributed by atoms with Crippen LogP contribution < -0.4 is 15.4 Å². The third kappa shape index (κ3) is 3.01. The van der Waals surface area contributed by atoms with Crippen LogP contribution in [0.5, 0.6) is 5.75 Å². The molecule has 0 spiro atoms. The second kappa shape index (κ2) is 5.86. The predicted octanol–water partition coefficient (Wildman–Crippen LogP) is 2.38. The fourth-order valence-corrected chi connectivity index (χ4v) is 1.63. The van der Waals surface area contributed by atoms with Crippen LogP contribution in [0.4, 0.5) is 11.5 Å². The number of pyridine rings is 1.